The van der Waals surface area contributed by atoms with Crippen LogP contribution in [0.1, 0.15) is 24.8 Å². The lowest BCUT2D eigenvalue weighted by Crippen LogP contribution is -2.21. The third-order valence-corrected chi connectivity index (χ3v) is 3.25. The maximum Gasteiger partial charge on any atom is 0.122 e. The lowest BCUT2D eigenvalue weighted by Gasteiger charge is -2.14. The van der Waals surface area contributed by atoms with Crippen LogP contribution in [0.3, 0.4) is 0 Å². The first kappa shape index (κ1) is 12.9. The fourth-order valence-electron chi connectivity index (χ4n) is 2.22. The van der Waals surface area contributed by atoms with Gasteiger partial charge in [0.2, 0.25) is 0 Å². The molecule has 0 aliphatic carbocycles. The first-order valence-electron chi connectivity index (χ1n) is 6.55. The zero-order valence-electron chi connectivity index (χ0n) is 10.7. The molecular weight excluding hydrogens is 226 g/mol. The first-order valence-corrected chi connectivity index (χ1v) is 6.55. The Morgan fingerprint density at radius 1 is 1.22 bits per heavy atom. The summed E-state index contributed by atoms with van der Waals surface area (Å²) in [6, 6.07) is 7.37. The zero-order valence-corrected chi connectivity index (χ0v) is 10.7. The van der Waals surface area contributed by atoms with Gasteiger partial charge >= 0.3 is 0 Å². The minimum Gasteiger partial charge on any atom is -0.494 e. The molecule has 0 atom stereocenters. The van der Waals surface area contributed by atoms with E-state index in [1.807, 2.05) is 24.3 Å². The Labute approximate surface area is 108 Å². The number of nitrogens with two attached hydrogens (primary N) is 1. The lowest BCUT2D eigenvalue weighted by molar-refractivity contribution is 0.263. The van der Waals surface area contributed by atoms with Crippen LogP contribution < -0.4 is 10.5 Å². The van der Waals surface area contributed by atoms with Gasteiger partial charge in [0.15, 0.2) is 0 Å². The van der Waals surface area contributed by atoms with Crippen molar-refractivity contribution in [1.29, 1.82) is 5.41 Å². The van der Waals surface area contributed by atoms with Gasteiger partial charge in [0, 0.05) is 12.1 Å². The van der Waals surface area contributed by atoms with Gasteiger partial charge in [-0.1, -0.05) is 0 Å². The van der Waals surface area contributed by atoms with E-state index in [2.05, 4.69) is 4.90 Å². The Balaban J connectivity index is 1.68. The molecule has 0 saturated carbocycles. The van der Waals surface area contributed by atoms with Crippen molar-refractivity contribution in [2.24, 2.45) is 5.73 Å². The second kappa shape index (κ2) is 6.40. The van der Waals surface area contributed by atoms with E-state index >= 15 is 0 Å². The van der Waals surface area contributed by atoms with Crippen LogP contribution in [-0.4, -0.2) is 37.0 Å². The standard InChI is InChI=1S/C14H21N3O/c15-14(16)12-4-6-13(7-5-12)18-11-3-10-17-8-1-2-9-17/h4-7H,1-3,8-11H2,(H3,15,16). The van der Waals surface area contributed by atoms with Crippen molar-refractivity contribution >= 4 is 5.84 Å². The van der Waals surface area contributed by atoms with Gasteiger partial charge in [0.05, 0.1) is 6.61 Å². The molecule has 0 radical (unpaired) electrons. The molecule has 0 bridgehead atoms. The van der Waals surface area contributed by atoms with Gasteiger partial charge in [-0.3, -0.25) is 5.41 Å². The fraction of sp³-hybridized carbons (Fsp3) is 0.500. The van der Waals surface area contributed by atoms with E-state index in [0.29, 0.717) is 0 Å². The van der Waals surface area contributed by atoms with Crippen molar-refractivity contribution in [3.8, 4) is 5.75 Å². The molecule has 1 fully saturated rings. The van der Waals surface area contributed by atoms with Crippen LogP contribution in [0.4, 0.5) is 0 Å². The highest BCUT2D eigenvalue weighted by Gasteiger charge is 2.10. The number of nitrogens with zero attached hydrogens (tertiary/aromatic N) is 1. The van der Waals surface area contributed by atoms with Crippen LogP contribution in [0.2, 0.25) is 0 Å². The smallest absolute Gasteiger partial charge is 0.122 e. The van der Waals surface area contributed by atoms with Crippen molar-refractivity contribution in [3.05, 3.63) is 29.8 Å². The van der Waals surface area contributed by atoms with Crippen LogP contribution in [0.5, 0.6) is 5.75 Å². The van der Waals surface area contributed by atoms with Crippen LogP contribution in [0.15, 0.2) is 24.3 Å². The molecule has 0 amide bonds. The van der Waals surface area contributed by atoms with Crippen LogP contribution in [0.25, 0.3) is 0 Å². The summed E-state index contributed by atoms with van der Waals surface area (Å²) in [5.41, 5.74) is 6.13. The first-order chi connectivity index (χ1) is 8.75. The summed E-state index contributed by atoms with van der Waals surface area (Å²) in [6.45, 7) is 4.36. The molecule has 1 aliphatic heterocycles. The zero-order chi connectivity index (χ0) is 12.8. The highest BCUT2D eigenvalue weighted by molar-refractivity contribution is 5.94. The van der Waals surface area contributed by atoms with Crippen LogP contribution in [-0.2, 0) is 0 Å². The number of nitrogens with one attached hydrogen (secondary N) is 1. The molecule has 1 aromatic carbocycles. The molecule has 2 rings (SSSR count). The van der Waals surface area contributed by atoms with Crippen molar-refractivity contribution in [1.82, 2.24) is 4.90 Å². The van der Waals surface area contributed by atoms with Crippen molar-refractivity contribution in [2.75, 3.05) is 26.2 Å². The molecule has 0 aromatic heterocycles. The number of hydrogen-bond acceptors (Lipinski definition) is 3. The molecule has 1 heterocycles. The van der Waals surface area contributed by atoms with E-state index in [0.717, 1.165) is 30.9 Å². The van der Waals surface area contributed by atoms with E-state index in [-0.39, 0.29) is 5.84 Å². The Kier molecular flexibility index (Phi) is 4.59. The number of ether oxygens (including phenoxy) is 1. The number of amidine groups is 1. The Morgan fingerprint density at radius 2 is 1.89 bits per heavy atom. The highest BCUT2D eigenvalue weighted by Crippen LogP contribution is 2.12. The quantitative estimate of drug-likeness (QED) is 0.458. The molecule has 18 heavy (non-hydrogen) atoms. The average molecular weight is 247 g/mol. The molecule has 0 spiro atoms. The summed E-state index contributed by atoms with van der Waals surface area (Å²) >= 11 is 0. The predicted octanol–water partition coefficient (Wildman–Crippen LogP) is 1.84. The van der Waals surface area contributed by atoms with Gasteiger partial charge in [0.25, 0.3) is 0 Å². The predicted molar refractivity (Wildman–Crippen MR) is 73.2 cm³/mol. The molecule has 1 saturated heterocycles. The summed E-state index contributed by atoms with van der Waals surface area (Å²) in [5, 5.41) is 7.30. The summed E-state index contributed by atoms with van der Waals surface area (Å²) in [6.07, 6.45) is 3.75. The number of likely N-dealkylation sites (tertiary alicyclic amines) is 1. The number of nitrogen functional groups attached to an aromatic ring is 1. The van der Waals surface area contributed by atoms with Gasteiger partial charge in [-0.15, -0.1) is 0 Å². The second-order valence-corrected chi connectivity index (χ2v) is 4.69. The minimum absolute atomic E-state index is 0.0931. The molecule has 4 nitrogen and oxygen atoms in total. The Hall–Kier alpha value is -1.55. The molecule has 1 aromatic rings. The average Bonchev–Trinajstić information content (AvgIpc) is 2.88. The molecule has 98 valence electrons. The SMILES string of the molecule is N=C(N)c1ccc(OCCCN2CCCC2)cc1. The largest absolute Gasteiger partial charge is 0.494 e. The van der Waals surface area contributed by atoms with Gasteiger partial charge in [-0.2, -0.15) is 0 Å². The second-order valence-electron chi connectivity index (χ2n) is 4.69. The summed E-state index contributed by atoms with van der Waals surface area (Å²) < 4.78 is 5.66. The molecule has 1 aliphatic rings. The van der Waals surface area contributed by atoms with Gasteiger partial charge < -0.3 is 15.4 Å². The number of benzene rings is 1. The third kappa shape index (κ3) is 3.74. The van der Waals surface area contributed by atoms with Crippen LogP contribution >= 0.6 is 0 Å². The van der Waals surface area contributed by atoms with Crippen LogP contribution in [0, 0.1) is 5.41 Å². The maximum atomic E-state index is 7.30. The summed E-state index contributed by atoms with van der Waals surface area (Å²) in [5.74, 6) is 0.942. The monoisotopic (exact) mass is 247 g/mol. The normalized spacial score (nSPS) is 15.8. The lowest BCUT2D eigenvalue weighted by atomic mass is 10.2. The fourth-order valence-corrected chi connectivity index (χ4v) is 2.22. The maximum absolute atomic E-state index is 7.30. The highest BCUT2D eigenvalue weighted by atomic mass is 16.5. The van der Waals surface area contributed by atoms with Crippen molar-refractivity contribution in [3.63, 3.8) is 0 Å². The number of hydrogen-bond donors (Lipinski definition) is 2. The van der Waals surface area contributed by atoms with Gasteiger partial charge in [-0.25, -0.2) is 0 Å². The molecular formula is C14H21N3O. The molecule has 3 N–H and O–H groups in total. The Morgan fingerprint density at radius 3 is 2.50 bits per heavy atom. The summed E-state index contributed by atoms with van der Waals surface area (Å²) in [7, 11) is 0. The van der Waals surface area contributed by atoms with Gasteiger partial charge in [-0.05, 0) is 56.6 Å². The minimum atomic E-state index is 0.0931. The number of rotatable bonds is 6. The van der Waals surface area contributed by atoms with E-state index in [4.69, 9.17) is 15.9 Å². The van der Waals surface area contributed by atoms with E-state index in [1.165, 1.54) is 25.9 Å². The van der Waals surface area contributed by atoms with Gasteiger partial charge in [0.1, 0.15) is 11.6 Å². The summed E-state index contributed by atoms with van der Waals surface area (Å²) in [4.78, 5) is 2.49. The van der Waals surface area contributed by atoms with E-state index in [9.17, 15) is 0 Å². The topological polar surface area (TPSA) is 62.3 Å². The van der Waals surface area contributed by atoms with E-state index in [1.54, 1.807) is 0 Å². The van der Waals surface area contributed by atoms with Crippen molar-refractivity contribution < 1.29 is 4.74 Å². The molecule has 0 unspecified atom stereocenters. The Bertz CT molecular complexity index is 383. The van der Waals surface area contributed by atoms with Crippen molar-refractivity contribution in [2.45, 2.75) is 19.3 Å². The van der Waals surface area contributed by atoms with E-state index < -0.39 is 0 Å². The third-order valence-electron chi connectivity index (χ3n) is 3.25. The molecule has 4 heteroatoms.